The number of fused-ring (bicyclic) bond motifs is 2. The van der Waals surface area contributed by atoms with E-state index in [9.17, 15) is 0 Å². The van der Waals surface area contributed by atoms with E-state index in [2.05, 4.69) is 204 Å². The van der Waals surface area contributed by atoms with E-state index in [0.29, 0.717) is 0 Å². The number of aromatic nitrogens is 2. The average Bonchev–Trinajstić information content (AvgIpc) is 3.23. The molecule has 0 fully saturated rings. The molecule has 56 heavy (non-hydrogen) atoms. The SMILES string of the molecule is CC(C)(C)c1ccc2c(c1-c1nccc(-c3cc(-c4ccccc4)c(-c4ccccc4)c(-c4ccccc4)c3-c3ccccc3)n1)Sc1ccccc1[Si]2(C)C. The van der Waals surface area contributed by atoms with Crippen LogP contribution in [0.4, 0.5) is 0 Å². The van der Waals surface area contributed by atoms with E-state index in [0.717, 1.165) is 50.5 Å². The van der Waals surface area contributed by atoms with Crippen LogP contribution in [0.3, 0.4) is 0 Å². The predicted octanol–water partition coefficient (Wildman–Crippen LogP) is 13.1. The topological polar surface area (TPSA) is 25.8 Å². The van der Waals surface area contributed by atoms with E-state index in [1.54, 1.807) is 0 Å². The molecule has 0 saturated carbocycles. The summed E-state index contributed by atoms with van der Waals surface area (Å²) in [6.07, 6.45) is 1.97. The zero-order valence-corrected chi connectivity index (χ0v) is 34.4. The first-order chi connectivity index (χ1) is 27.2. The maximum atomic E-state index is 5.65. The fourth-order valence-electron chi connectivity index (χ4n) is 8.42. The summed E-state index contributed by atoms with van der Waals surface area (Å²) in [5, 5.41) is 2.95. The van der Waals surface area contributed by atoms with Gasteiger partial charge in [0, 0.05) is 27.1 Å². The number of hydrogen-bond acceptors (Lipinski definition) is 3. The number of nitrogens with zero attached hydrogens (tertiary/aromatic N) is 2. The van der Waals surface area contributed by atoms with Crippen molar-refractivity contribution in [3.63, 3.8) is 0 Å². The molecule has 0 saturated heterocycles. The van der Waals surface area contributed by atoms with Crippen LogP contribution < -0.4 is 10.4 Å². The number of hydrogen-bond donors (Lipinski definition) is 0. The van der Waals surface area contributed by atoms with E-state index >= 15 is 0 Å². The van der Waals surface area contributed by atoms with Gasteiger partial charge in [0.1, 0.15) is 8.07 Å². The molecule has 4 heteroatoms. The lowest BCUT2D eigenvalue weighted by atomic mass is 9.79. The van der Waals surface area contributed by atoms with Crippen LogP contribution in [0.5, 0.6) is 0 Å². The minimum Gasteiger partial charge on any atom is -0.236 e. The molecule has 0 atom stereocenters. The third kappa shape index (κ3) is 6.33. The molecule has 2 nitrogen and oxygen atoms in total. The molecule has 0 radical (unpaired) electrons. The second-order valence-electron chi connectivity index (χ2n) is 16.2. The number of benzene rings is 7. The summed E-state index contributed by atoms with van der Waals surface area (Å²) in [6, 6.07) is 61.6. The summed E-state index contributed by atoms with van der Waals surface area (Å²) in [5.41, 5.74) is 13.6. The van der Waals surface area contributed by atoms with E-state index < -0.39 is 8.07 Å². The van der Waals surface area contributed by atoms with Crippen molar-refractivity contribution in [3.8, 4) is 67.2 Å². The Labute approximate surface area is 336 Å². The van der Waals surface area contributed by atoms with Gasteiger partial charge in [0.05, 0.1) is 5.69 Å². The van der Waals surface area contributed by atoms with E-state index in [1.807, 2.05) is 18.0 Å². The van der Waals surface area contributed by atoms with Crippen LogP contribution in [0.25, 0.3) is 67.2 Å². The second kappa shape index (κ2) is 14.4. The molecule has 1 aliphatic heterocycles. The summed E-state index contributed by atoms with van der Waals surface area (Å²) in [6.45, 7) is 11.9. The fraction of sp³-hybridized carbons (Fsp3) is 0.115. The molecule has 272 valence electrons. The summed E-state index contributed by atoms with van der Waals surface area (Å²) in [7, 11) is -2.01. The molecule has 1 aliphatic rings. The van der Waals surface area contributed by atoms with Gasteiger partial charge in [0.25, 0.3) is 0 Å². The average molecular weight is 757 g/mol. The van der Waals surface area contributed by atoms with Crippen LogP contribution in [-0.2, 0) is 5.41 Å². The lowest BCUT2D eigenvalue weighted by Gasteiger charge is -2.36. The van der Waals surface area contributed by atoms with Gasteiger partial charge < -0.3 is 0 Å². The van der Waals surface area contributed by atoms with Crippen molar-refractivity contribution in [1.29, 1.82) is 0 Å². The highest BCUT2D eigenvalue weighted by Crippen LogP contribution is 2.50. The highest BCUT2D eigenvalue weighted by molar-refractivity contribution is 8.00. The van der Waals surface area contributed by atoms with Crippen molar-refractivity contribution < 1.29 is 0 Å². The smallest absolute Gasteiger partial charge is 0.161 e. The predicted molar refractivity (Wildman–Crippen MR) is 241 cm³/mol. The largest absolute Gasteiger partial charge is 0.236 e. The van der Waals surface area contributed by atoms with Gasteiger partial charge in [0.2, 0.25) is 0 Å². The molecule has 0 N–H and O–H groups in total. The Morgan fingerprint density at radius 3 is 1.59 bits per heavy atom. The van der Waals surface area contributed by atoms with Gasteiger partial charge in [-0.05, 0) is 84.1 Å². The summed E-state index contributed by atoms with van der Waals surface area (Å²) < 4.78 is 0. The first-order valence-corrected chi connectivity index (χ1v) is 23.2. The standard InChI is InChI=1S/C52H44N2SSi/c1-52(2,3)41-30-31-45-50(55-43-28-18-19-29-44(43)56(45,4)5)49(41)51-53-33-32-42(54-51)40-34-39(35-20-10-6-11-21-35)46(36-22-12-7-13-23-36)48(38-26-16-9-17-27-38)47(40)37-24-14-8-15-25-37/h6-34H,1-5H3. The van der Waals surface area contributed by atoms with Crippen LogP contribution >= 0.6 is 11.8 Å². The van der Waals surface area contributed by atoms with Crippen LogP contribution in [0.2, 0.25) is 13.1 Å². The van der Waals surface area contributed by atoms with Crippen LogP contribution in [0.1, 0.15) is 26.3 Å². The zero-order chi connectivity index (χ0) is 38.4. The van der Waals surface area contributed by atoms with Crippen LogP contribution in [0.15, 0.2) is 186 Å². The molecular formula is C52H44N2SSi. The van der Waals surface area contributed by atoms with Gasteiger partial charge in [0.15, 0.2) is 5.82 Å². The molecule has 8 aromatic rings. The quantitative estimate of drug-likeness (QED) is 0.158. The van der Waals surface area contributed by atoms with Crippen LogP contribution in [0, 0.1) is 0 Å². The summed E-state index contributed by atoms with van der Waals surface area (Å²) >= 11 is 1.89. The lowest BCUT2D eigenvalue weighted by Crippen LogP contribution is -2.56. The van der Waals surface area contributed by atoms with Gasteiger partial charge in [-0.15, -0.1) is 0 Å². The molecule has 0 unspecified atom stereocenters. The van der Waals surface area contributed by atoms with Crippen molar-refractivity contribution in [2.24, 2.45) is 0 Å². The first kappa shape index (κ1) is 35.9. The highest BCUT2D eigenvalue weighted by Gasteiger charge is 2.38. The van der Waals surface area contributed by atoms with Gasteiger partial charge in [-0.1, -0.05) is 197 Å². The van der Waals surface area contributed by atoms with Crippen molar-refractivity contribution in [2.45, 2.75) is 49.1 Å². The molecule has 9 rings (SSSR count). The monoisotopic (exact) mass is 756 g/mol. The van der Waals surface area contributed by atoms with E-state index in [1.165, 1.54) is 42.4 Å². The third-order valence-corrected chi connectivity index (χ3v) is 16.3. The van der Waals surface area contributed by atoms with Crippen molar-refractivity contribution in [1.82, 2.24) is 9.97 Å². The molecular weight excluding hydrogens is 713 g/mol. The molecule has 2 heterocycles. The normalized spacial score (nSPS) is 13.2. The first-order valence-electron chi connectivity index (χ1n) is 19.4. The second-order valence-corrected chi connectivity index (χ2v) is 21.5. The minimum atomic E-state index is -2.01. The Hall–Kier alpha value is -5.81. The molecule has 0 bridgehead atoms. The van der Waals surface area contributed by atoms with Gasteiger partial charge in [-0.25, -0.2) is 9.97 Å². The van der Waals surface area contributed by atoms with Crippen LogP contribution in [-0.4, -0.2) is 18.0 Å². The molecule has 0 spiro atoms. The van der Waals surface area contributed by atoms with E-state index in [4.69, 9.17) is 9.97 Å². The highest BCUT2D eigenvalue weighted by atomic mass is 32.2. The van der Waals surface area contributed by atoms with Crippen molar-refractivity contribution >= 4 is 30.2 Å². The molecule has 1 aromatic heterocycles. The van der Waals surface area contributed by atoms with Gasteiger partial charge in [-0.2, -0.15) is 0 Å². The Morgan fingerprint density at radius 1 is 0.482 bits per heavy atom. The fourth-order valence-corrected chi connectivity index (χ4v) is 14.0. The Kier molecular flexibility index (Phi) is 9.20. The Morgan fingerprint density at radius 2 is 1.00 bits per heavy atom. The van der Waals surface area contributed by atoms with E-state index in [-0.39, 0.29) is 5.41 Å². The maximum Gasteiger partial charge on any atom is 0.161 e. The molecule has 0 amide bonds. The Balaban J connectivity index is 1.38. The lowest BCUT2D eigenvalue weighted by molar-refractivity contribution is 0.590. The maximum absolute atomic E-state index is 5.65. The molecule has 7 aromatic carbocycles. The third-order valence-electron chi connectivity index (χ3n) is 11.2. The Bertz CT molecular complexity index is 2700. The van der Waals surface area contributed by atoms with Gasteiger partial charge in [-0.3, -0.25) is 0 Å². The summed E-state index contributed by atoms with van der Waals surface area (Å²) in [4.78, 5) is 13.4. The summed E-state index contributed by atoms with van der Waals surface area (Å²) in [5.74, 6) is 0.773. The zero-order valence-electron chi connectivity index (χ0n) is 32.5. The van der Waals surface area contributed by atoms with Crippen molar-refractivity contribution in [3.05, 3.63) is 182 Å². The van der Waals surface area contributed by atoms with Crippen molar-refractivity contribution in [2.75, 3.05) is 0 Å². The molecule has 0 aliphatic carbocycles. The van der Waals surface area contributed by atoms with Gasteiger partial charge >= 0.3 is 0 Å². The minimum absolute atomic E-state index is 0.125. The number of rotatable bonds is 6.